The van der Waals surface area contributed by atoms with Crippen molar-refractivity contribution in [3.63, 3.8) is 0 Å². The number of hydrogen-bond donors (Lipinski definition) is 0. The highest BCUT2D eigenvalue weighted by molar-refractivity contribution is 7.11. The molecule has 0 N–H and O–H groups in total. The minimum absolute atomic E-state index is 0.00215. The van der Waals surface area contributed by atoms with Gasteiger partial charge in [0.25, 0.3) is 11.8 Å². The Balaban J connectivity index is 1.06. The number of thiazole rings is 1. The second-order valence-electron chi connectivity index (χ2n) is 8.82. The Kier molecular flexibility index (Phi) is 5.54. The average molecular weight is 491 g/mol. The van der Waals surface area contributed by atoms with Gasteiger partial charge in [-0.25, -0.2) is 14.4 Å². The van der Waals surface area contributed by atoms with E-state index < -0.39 is 0 Å². The first-order chi connectivity index (χ1) is 17.1. The average Bonchev–Trinajstić information content (AvgIpc) is 3.54. The number of fused-ring (bicyclic) bond motifs is 1. The normalized spacial score (nSPS) is 17.1. The highest BCUT2D eigenvalue weighted by atomic mass is 32.1. The number of carbonyl (C=O) groups excluding carboxylic acids is 2. The molecule has 2 saturated heterocycles. The summed E-state index contributed by atoms with van der Waals surface area (Å²) < 4.78 is 15.1. The smallest absolute Gasteiger partial charge is 0.282 e. The maximum Gasteiger partial charge on any atom is 0.282 e. The van der Waals surface area contributed by atoms with Crippen molar-refractivity contribution in [2.45, 2.75) is 6.04 Å². The number of halogens is 1. The highest BCUT2D eigenvalue weighted by Gasteiger charge is 2.37. The van der Waals surface area contributed by atoms with E-state index in [1.54, 1.807) is 24.7 Å². The number of nitrogens with zero attached hydrogens (tertiary/aromatic N) is 6. The van der Waals surface area contributed by atoms with Crippen LogP contribution in [0.5, 0.6) is 0 Å². The molecule has 0 bridgehead atoms. The lowest BCUT2D eigenvalue weighted by atomic mass is 10.0. The molecule has 0 saturated carbocycles. The number of aromatic nitrogens is 3. The number of piperazine rings is 1. The summed E-state index contributed by atoms with van der Waals surface area (Å²) >= 11 is 1.37. The van der Waals surface area contributed by atoms with Crippen molar-refractivity contribution in [2.24, 2.45) is 0 Å². The Bertz CT molecular complexity index is 1370. The van der Waals surface area contributed by atoms with Crippen LogP contribution in [0, 0.1) is 5.82 Å². The summed E-state index contributed by atoms with van der Waals surface area (Å²) in [4.78, 5) is 40.2. The van der Waals surface area contributed by atoms with E-state index in [0.29, 0.717) is 42.8 Å². The minimum atomic E-state index is -0.287. The fraction of sp³-hybridized carbons (Fsp3) is 0.280. The van der Waals surface area contributed by atoms with Gasteiger partial charge in [-0.2, -0.15) is 0 Å². The number of imidazole rings is 1. The maximum atomic E-state index is 13.3. The van der Waals surface area contributed by atoms with E-state index >= 15 is 0 Å². The van der Waals surface area contributed by atoms with E-state index in [-0.39, 0.29) is 17.6 Å². The second-order valence-corrected chi connectivity index (χ2v) is 9.72. The Morgan fingerprint density at radius 1 is 0.914 bits per heavy atom. The summed E-state index contributed by atoms with van der Waals surface area (Å²) in [6.07, 6.45) is 3.34. The second kappa shape index (κ2) is 8.86. The molecular weight excluding hydrogens is 467 g/mol. The molecule has 178 valence electrons. The molecule has 2 aromatic heterocycles. The monoisotopic (exact) mass is 490 g/mol. The molecule has 0 unspecified atom stereocenters. The van der Waals surface area contributed by atoms with Crippen LogP contribution in [0.1, 0.15) is 20.2 Å². The van der Waals surface area contributed by atoms with Crippen LogP contribution in [-0.2, 0) is 0 Å². The molecule has 0 spiro atoms. The van der Waals surface area contributed by atoms with Gasteiger partial charge in [0.05, 0.1) is 11.0 Å². The third-order valence-corrected chi connectivity index (χ3v) is 7.54. The Morgan fingerprint density at radius 3 is 2.40 bits per heavy atom. The lowest BCUT2D eigenvalue weighted by Gasteiger charge is -2.48. The molecule has 2 aliphatic heterocycles. The number of benzene rings is 2. The Hall–Kier alpha value is -3.63. The van der Waals surface area contributed by atoms with E-state index in [1.165, 1.54) is 23.5 Å². The Morgan fingerprint density at radius 2 is 1.69 bits per heavy atom. The standard InChI is InChI=1S/C25H23FN6O2S/c26-18-2-4-19(5-3-18)32-16-28-21-13-17(1-6-22(21)32)24(33)31-14-20(15-31)29-8-10-30(11-9-29)25(34)23-27-7-12-35-23/h1-7,12-13,16,20H,8-11,14-15H2. The minimum Gasteiger partial charge on any atom is -0.335 e. The van der Waals surface area contributed by atoms with E-state index in [9.17, 15) is 14.0 Å². The van der Waals surface area contributed by atoms with Crippen molar-refractivity contribution in [1.29, 1.82) is 0 Å². The molecular formula is C25H23FN6O2S. The molecule has 2 aromatic carbocycles. The fourth-order valence-electron chi connectivity index (χ4n) is 4.74. The van der Waals surface area contributed by atoms with E-state index in [4.69, 9.17) is 0 Å². The molecule has 4 heterocycles. The molecule has 8 nitrogen and oxygen atoms in total. The summed E-state index contributed by atoms with van der Waals surface area (Å²) in [5.74, 6) is -0.288. The van der Waals surface area contributed by atoms with Gasteiger partial charge in [-0.1, -0.05) is 0 Å². The van der Waals surface area contributed by atoms with Gasteiger partial charge in [0, 0.05) is 68.1 Å². The van der Waals surface area contributed by atoms with Crippen LogP contribution in [0.4, 0.5) is 4.39 Å². The van der Waals surface area contributed by atoms with Crippen LogP contribution in [0.15, 0.2) is 60.4 Å². The molecule has 0 atom stereocenters. The highest BCUT2D eigenvalue weighted by Crippen LogP contribution is 2.24. The number of hydrogen-bond acceptors (Lipinski definition) is 6. The van der Waals surface area contributed by atoms with Crippen molar-refractivity contribution in [3.05, 3.63) is 76.8 Å². The zero-order valence-corrected chi connectivity index (χ0v) is 19.7. The predicted octanol–water partition coefficient (Wildman–Crippen LogP) is 2.90. The van der Waals surface area contributed by atoms with Crippen molar-refractivity contribution < 1.29 is 14.0 Å². The Labute approximate surface area is 205 Å². The van der Waals surface area contributed by atoms with Gasteiger partial charge < -0.3 is 9.80 Å². The molecule has 6 rings (SSSR count). The lowest BCUT2D eigenvalue weighted by Crippen LogP contribution is -2.64. The third kappa shape index (κ3) is 4.08. The van der Waals surface area contributed by atoms with Crippen LogP contribution in [-0.4, -0.2) is 86.4 Å². The number of carbonyl (C=O) groups is 2. The first kappa shape index (κ1) is 21.9. The molecule has 4 aromatic rings. The molecule has 2 fully saturated rings. The van der Waals surface area contributed by atoms with Crippen LogP contribution in [0.2, 0.25) is 0 Å². The largest absolute Gasteiger partial charge is 0.335 e. The zero-order chi connectivity index (χ0) is 23.9. The molecule has 2 aliphatic rings. The van der Waals surface area contributed by atoms with Crippen LogP contribution >= 0.6 is 11.3 Å². The summed E-state index contributed by atoms with van der Waals surface area (Å²) in [6.45, 7) is 4.32. The quantitative estimate of drug-likeness (QED) is 0.440. The number of amides is 2. The molecule has 2 amide bonds. The van der Waals surface area contributed by atoms with Crippen molar-refractivity contribution in [3.8, 4) is 5.69 Å². The van der Waals surface area contributed by atoms with Gasteiger partial charge in [0.2, 0.25) is 0 Å². The van der Waals surface area contributed by atoms with E-state index in [1.807, 2.05) is 37.9 Å². The van der Waals surface area contributed by atoms with E-state index in [2.05, 4.69) is 14.9 Å². The zero-order valence-electron chi connectivity index (χ0n) is 18.9. The SMILES string of the molecule is O=C(c1ccc2c(c1)ncn2-c1ccc(F)cc1)N1CC(N2CCN(C(=O)c3nccs3)CC2)C1. The fourth-order valence-corrected chi connectivity index (χ4v) is 5.34. The van der Waals surface area contributed by atoms with Gasteiger partial charge >= 0.3 is 0 Å². The number of rotatable bonds is 4. The maximum absolute atomic E-state index is 13.3. The predicted molar refractivity (Wildman–Crippen MR) is 130 cm³/mol. The van der Waals surface area contributed by atoms with Gasteiger partial charge in [0.1, 0.15) is 12.1 Å². The topological polar surface area (TPSA) is 74.6 Å². The van der Waals surface area contributed by atoms with Crippen molar-refractivity contribution in [1.82, 2.24) is 29.2 Å². The van der Waals surface area contributed by atoms with Crippen LogP contribution in [0.3, 0.4) is 0 Å². The first-order valence-corrected chi connectivity index (χ1v) is 12.4. The van der Waals surface area contributed by atoms with Crippen molar-refractivity contribution >= 4 is 34.2 Å². The molecule has 0 aliphatic carbocycles. The molecule has 10 heteroatoms. The molecule has 0 radical (unpaired) electrons. The third-order valence-electron chi connectivity index (χ3n) is 6.78. The van der Waals surface area contributed by atoms with E-state index in [0.717, 1.165) is 29.8 Å². The summed E-state index contributed by atoms with van der Waals surface area (Å²) in [5, 5.41) is 2.36. The van der Waals surface area contributed by atoms with Crippen LogP contribution < -0.4 is 0 Å². The van der Waals surface area contributed by atoms with Gasteiger partial charge in [-0.15, -0.1) is 11.3 Å². The summed E-state index contributed by atoms with van der Waals surface area (Å²) in [6, 6.07) is 12.1. The van der Waals surface area contributed by atoms with Crippen LogP contribution in [0.25, 0.3) is 16.7 Å². The van der Waals surface area contributed by atoms with Gasteiger partial charge in [-0.05, 0) is 42.5 Å². The summed E-state index contributed by atoms with van der Waals surface area (Å²) in [5.41, 5.74) is 3.00. The van der Waals surface area contributed by atoms with Crippen molar-refractivity contribution in [2.75, 3.05) is 39.3 Å². The number of likely N-dealkylation sites (tertiary alicyclic amines) is 1. The van der Waals surface area contributed by atoms with Gasteiger partial charge in [0.15, 0.2) is 5.01 Å². The molecule has 35 heavy (non-hydrogen) atoms. The first-order valence-electron chi connectivity index (χ1n) is 11.5. The van der Waals surface area contributed by atoms with Gasteiger partial charge in [-0.3, -0.25) is 19.1 Å². The lowest BCUT2D eigenvalue weighted by molar-refractivity contribution is 0.00854. The summed E-state index contributed by atoms with van der Waals surface area (Å²) in [7, 11) is 0.